The van der Waals surface area contributed by atoms with Crippen LogP contribution < -0.4 is 5.32 Å². The van der Waals surface area contributed by atoms with Crippen molar-refractivity contribution in [3.05, 3.63) is 54.5 Å². The fourth-order valence-electron chi connectivity index (χ4n) is 1.44. The van der Waals surface area contributed by atoms with Crippen LogP contribution in [-0.2, 0) is 0 Å². The molecule has 0 unspecified atom stereocenters. The van der Waals surface area contributed by atoms with Crippen molar-refractivity contribution in [3.8, 4) is 5.75 Å². The highest BCUT2D eigenvalue weighted by Gasteiger charge is 2.10. The SMILES string of the molecule is O=C(Nc1cc(Br)ccc1Br)c1ccc(I)c(O)c1. The van der Waals surface area contributed by atoms with Gasteiger partial charge < -0.3 is 10.4 Å². The Balaban J connectivity index is 2.25. The lowest BCUT2D eigenvalue weighted by atomic mass is 10.2. The van der Waals surface area contributed by atoms with Gasteiger partial charge in [0.2, 0.25) is 0 Å². The van der Waals surface area contributed by atoms with Crippen molar-refractivity contribution >= 4 is 66.0 Å². The zero-order valence-electron chi connectivity index (χ0n) is 9.45. The number of nitrogens with one attached hydrogen (secondary N) is 1. The van der Waals surface area contributed by atoms with Crippen molar-refractivity contribution in [3.63, 3.8) is 0 Å². The van der Waals surface area contributed by atoms with Gasteiger partial charge in [-0.2, -0.15) is 0 Å². The summed E-state index contributed by atoms with van der Waals surface area (Å²) in [5.41, 5.74) is 1.07. The highest BCUT2D eigenvalue weighted by atomic mass is 127. The molecule has 0 spiro atoms. The van der Waals surface area contributed by atoms with Crippen LogP contribution in [0.25, 0.3) is 0 Å². The molecule has 0 saturated carbocycles. The minimum Gasteiger partial charge on any atom is -0.507 e. The maximum absolute atomic E-state index is 12.1. The van der Waals surface area contributed by atoms with Gasteiger partial charge in [0.15, 0.2) is 0 Å². The first-order valence-corrected chi connectivity index (χ1v) is 7.89. The Bertz CT molecular complexity index is 647. The number of anilines is 1. The van der Waals surface area contributed by atoms with Crippen molar-refractivity contribution in [1.29, 1.82) is 0 Å². The zero-order chi connectivity index (χ0) is 14.0. The third-order valence-electron chi connectivity index (χ3n) is 2.38. The second kappa shape index (κ2) is 6.23. The van der Waals surface area contributed by atoms with Gasteiger partial charge in [0.05, 0.1) is 9.26 Å². The third kappa shape index (κ3) is 3.70. The third-order valence-corrected chi connectivity index (χ3v) is 4.48. The predicted molar refractivity (Wildman–Crippen MR) is 90.6 cm³/mol. The van der Waals surface area contributed by atoms with Crippen LogP contribution in [0.1, 0.15) is 10.4 Å². The number of benzene rings is 2. The number of rotatable bonds is 2. The molecule has 0 radical (unpaired) electrons. The Kier molecular flexibility index (Phi) is 4.86. The van der Waals surface area contributed by atoms with Gasteiger partial charge in [-0.15, -0.1) is 0 Å². The number of amides is 1. The molecule has 0 aliphatic carbocycles. The van der Waals surface area contributed by atoms with E-state index >= 15 is 0 Å². The minimum absolute atomic E-state index is 0.0987. The van der Waals surface area contributed by atoms with E-state index in [-0.39, 0.29) is 11.7 Å². The summed E-state index contributed by atoms with van der Waals surface area (Å²) in [5.74, 6) is -0.174. The summed E-state index contributed by atoms with van der Waals surface area (Å²) >= 11 is 8.72. The molecule has 0 aliphatic rings. The summed E-state index contributed by atoms with van der Waals surface area (Å²) in [6.45, 7) is 0. The Morgan fingerprint density at radius 3 is 2.58 bits per heavy atom. The fourth-order valence-corrected chi connectivity index (χ4v) is 2.48. The molecule has 2 N–H and O–H groups in total. The van der Waals surface area contributed by atoms with Crippen LogP contribution in [0.15, 0.2) is 45.3 Å². The van der Waals surface area contributed by atoms with Crippen LogP contribution in [0, 0.1) is 3.57 Å². The van der Waals surface area contributed by atoms with Crippen molar-refractivity contribution in [1.82, 2.24) is 0 Å². The van der Waals surface area contributed by atoms with Gasteiger partial charge in [0, 0.05) is 14.5 Å². The van der Waals surface area contributed by atoms with E-state index in [0.717, 1.165) is 8.95 Å². The molecule has 0 heterocycles. The van der Waals surface area contributed by atoms with Crippen molar-refractivity contribution < 1.29 is 9.90 Å². The number of halogens is 3. The van der Waals surface area contributed by atoms with E-state index < -0.39 is 0 Å². The zero-order valence-corrected chi connectivity index (χ0v) is 14.8. The van der Waals surface area contributed by atoms with Gasteiger partial charge in [0.1, 0.15) is 5.75 Å². The average molecular weight is 497 g/mol. The highest BCUT2D eigenvalue weighted by Crippen LogP contribution is 2.27. The van der Waals surface area contributed by atoms with Crippen molar-refractivity contribution in [2.75, 3.05) is 5.32 Å². The molecule has 98 valence electrons. The minimum atomic E-state index is -0.273. The van der Waals surface area contributed by atoms with Gasteiger partial charge in [-0.1, -0.05) is 15.9 Å². The number of phenols is 1. The maximum atomic E-state index is 12.1. The smallest absolute Gasteiger partial charge is 0.255 e. The number of aromatic hydroxyl groups is 1. The second-order valence-corrected chi connectivity index (χ2v) is 6.68. The molecule has 0 fully saturated rings. The average Bonchev–Trinajstić information content (AvgIpc) is 2.37. The molecular formula is C13H8Br2INO2. The largest absolute Gasteiger partial charge is 0.507 e. The summed E-state index contributed by atoms with van der Waals surface area (Å²) in [6, 6.07) is 10.3. The molecule has 3 nitrogen and oxygen atoms in total. The van der Waals surface area contributed by atoms with Crippen LogP contribution in [-0.4, -0.2) is 11.0 Å². The van der Waals surface area contributed by atoms with Gasteiger partial charge in [-0.25, -0.2) is 0 Å². The molecule has 0 saturated heterocycles. The quantitative estimate of drug-likeness (QED) is 0.588. The fraction of sp³-hybridized carbons (Fsp3) is 0. The standard InChI is InChI=1S/C13H8Br2INO2/c14-8-2-3-9(15)11(6-8)17-13(19)7-1-4-10(16)12(18)5-7/h1-6,18H,(H,17,19). The van der Waals surface area contributed by atoms with Crippen LogP contribution in [0.4, 0.5) is 5.69 Å². The predicted octanol–water partition coefficient (Wildman–Crippen LogP) is 4.77. The number of carbonyl (C=O) groups is 1. The van der Waals surface area contributed by atoms with Gasteiger partial charge in [0.25, 0.3) is 5.91 Å². The monoisotopic (exact) mass is 495 g/mol. The van der Waals surface area contributed by atoms with E-state index in [0.29, 0.717) is 14.8 Å². The Hall–Kier alpha value is -0.600. The number of hydrogen-bond donors (Lipinski definition) is 2. The summed E-state index contributed by atoms with van der Waals surface area (Å²) in [5, 5.41) is 12.4. The first-order chi connectivity index (χ1) is 8.97. The van der Waals surface area contributed by atoms with E-state index in [9.17, 15) is 9.90 Å². The Morgan fingerprint density at radius 1 is 1.16 bits per heavy atom. The topological polar surface area (TPSA) is 49.3 Å². The number of carbonyl (C=O) groups excluding carboxylic acids is 1. The molecular weight excluding hydrogens is 489 g/mol. The lowest BCUT2D eigenvalue weighted by Crippen LogP contribution is -2.12. The molecule has 1 amide bonds. The lowest BCUT2D eigenvalue weighted by molar-refractivity contribution is 0.102. The molecule has 2 rings (SSSR count). The Labute approximate surface area is 140 Å². The van der Waals surface area contributed by atoms with Gasteiger partial charge in [-0.05, 0) is 74.9 Å². The van der Waals surface area contributed by atoms with Gasteiger partial charge in [-0.3, -0.25) is 4.79 Å². The number of hydrogen-bond acceptors (Lipinski definition) is 2. The first kappa shape index (κ1) is 14.8. The van der Waals surface area contributed by atoms with E-state index in [1.165, 1.54) is 6.07 Å². The summed E-state index contributed by atoms with van der Waals surface area (Å²) in [7, 11) is 0. The molecule has 2 aromatic carbocycles. The lowest BCUT2D eigenvalue weighted by Gasteiger charge is -2.08. The summed E-state index contributed by atoms with van der Waals surface area (Å²) < 4.78 is 2.37. The molecule has 19 heavy (non-hydrogen) atoms. The van der Waals surface area contributed by atoms with Crippen molar-refractivity contribution in [2.24, 2.45) is 0 Å². The van der Waals surface area contributed by atoms with Crippen LogP contribution >= 0.6 is 54.5 Å². The molecule has 6 heteroatoms. The Morgan fingerprint density at radius 2 is 1.89 bits per heavy atom. The van der Waals surface area contributed by atoms with Gasteiger partial charge >= 0.3 is 0 Å². The molecule has 0 aromatic heterocycles. The summed E-state index contributed by atoms with van der Waals surface area (Å²) in [4.78, 5) is 12.1. The van der Waals surface area contributed by atoms with E-state index in [1.807, 2.05) is 34.7 Å². The second-order valence-electron chi connectivity index (χ2n) is 3.74. The molecule has 0 atom stereocenters. The summed E-state index contributed by atoms with van der Waals surface area (Å²) in [6.07, 6.45) is 0. The van der Waals surface area contributed by atoms with E-state index in [2.05, 4.69) is 37.2 Å². The molecule has 0 bridgehead atoms. The first-order valence-electron chi connectivity index (χ1n) is 5.22. The highest BCUT2D eigenvalue weighted by molar-refractivity contribution is 14.1. The van der Waals surface area contributed by atoms with Crippen LogP contribution in [0.3, 0.4) is 0 Å². The van der Waals surface area contributed by atoms with Crippen LogP contribution in [0.2, 0.25) is 0 Å². The van der Waals surface area contributed by atoms with Crippen molar-refractivity contribution in [2.45, 2.75) is 0 Å². The van der Waals surface area contributed by atoms with E-state index in [1.54, 1.807) is 18.2 Å². The normalized spacial score (nSPS) is 10.3. The molecule has 2 aromatic rings. The number of phenolic OH excluding ortho intramolecular Hbond substituents is 1. The van der Waals surface area contributed by atoms with E-state index in [4.69, 9.17) is 0 Å². The maximum Gasteiger partial charge on any atom is 0.255 e. The molecule has 0 aliphatic heterocycles. The van der Waals surface area contributed by atoms with Crippen LogP contribution in [0.5, 0.6) is 5.75 Å².